The van der Waals surface area contributed by atoms with E-state index in [1.54, 1.807) is 41.5 Å². The summed E-state index contributed by atoms with van der Waals surface area (Å²) in [6, 6.07) is 8.80. The van der Waals surface area contributed by atoms with Gasteiger partial charge in [0, 0.05) is 29.3 Å². The molecular weight excluding hydrogens is 340 g/mol. The molecule has 0 aliphatic heterocycles. The number of ether oxygens (including phenoxy) is 1. The van der Waals surface area contributed by atoms with Crippen molar-refractivity contribution in [2.75, 3.05) is 5.32 Å². The van der Waals surface area contributed by atoms with E-state index in [-0.39, 0.29) is 12.6 Å². The quantitative estimate of drug-likeness (QED) is 0.754. The van der Waals surface area contributed by atoms with Crippen molar-refractivity contribution >= 4 is 23.2 Å². The molecule has 2 aromatic heterocycles. The highest BCUT2D eigenvalue weighted by Gasteiger charge is 2.10. The van der Waals surface area contributed by atoms with E-state index in [0.717, 1.165) is 16.1 Å². The number of nitrogens with zero attached hydrogens (tertiary/aromatic N) is 3. The Morgan fingerprint density at radius 1 is 1.20 bits per heavy atom. The molecule has 2 heterocycles. The van der Waals surface area contributed by atoms with Gasteiger partial charge in [0.05, 0.1) is 0 Å². The number of amides is 1. The van der Waals surface area contributed by atoms with E-state index in [1.807, 2.05) is 26.0 Å². The number of anilines is 1. The topological polar surface area (TPSA) is 69.0 Å². The molecule has 1 amide bonds. The molecule has 0 aliphatic rings. The first kappa shape index (κ1) is 17.0. The molecule has 7 heteroatoms. The summed E-state index contributed by atoms with van der Waals surface area (Å²) in [4.78, 5) is 16.1. The van der Waals surface area contributed by atoms with Crippen LogP contribution in [0.2, 0.25) is 5.02 Å². The first-order chi connectivity index (χ1) is 12.0. The Morgan fingerprint density at radius 2 is 1.88 bits per heavy atom. The number of carbonyl (C=O) groups is 1. The molecule has 0 fully saturated rings. The van der Waals surface area contributed by atoms with Gasteiger partial charge >= 0.3 is 0 Å². The lowest BCUT2D eigenvalue weighted by Crippen LogP contribution is -2.14. The van der Waals surface area contributed by atoms with Crippen molar-refractivity contribution in [3.05, 3.63) is 70.8 Å². The van der Waals surface area contributed by atoms with E-state index in [4.69, 9.17) is 16.3 Å². The average molecular weight is 357 g/mol. The molecule has 0 aliphatic carbocycles. The van der Waals surface area contributed by atoms with Crippen LogP contribution in [0.25, 0.3) is 0 Å². The Hall–Kier alpha value is -2.86. The second kappa shape index (κ2) is 7.36. The molecule has 128 valence electrons. The summed E-state index contributed by atoms with van der Waals surface area (Å²) in [5.41, 5.74) is 2.88. The van der Waals surface area contributed by atoms with Crippen LogP contribution in [0.3, 0.4) is 0 Å². The highest BCUT2D eigenvalue weighted by Crippen LogP contribution is 2.26. The second-order valence-electron chi connectivity index (χ2n) is 5.57. The summed E-state index contributed by atoms with van der Waals surface area (Å²) in [6.07, 6.45) is 4.91. The summed E-state index contributed by atoms with van der Waals surface area (Å²) < 4.78 is 7.28. The van der Waals surface area contributed by atoms with E-state index in [2.05, 4.69) is 15.4 Å². The summed E-state index contributed by atoms with van der Waals surface area (Å²) in [6.45, 7) is 4.05. The number of aryl methyl sites for hydroxylation is 2. The van der Waals surface area contributed by atoms with Crippen LogP contribution < -0.4 is 10.1 Å². The molecule has 0 bridgehead atoms. The van der Waals surface area contributed by atoms with Crippen LogP contribution in [0.1, 0.15) is 21.6 Å². The lowest BCUT2D eigenvalue weighted by atomic mass is 10.1. The maximum atomic E-state index is 12.2. The zero-order valence-electron chi connectivity index (χ0n) is 13.9. The minimum Gasteiger partial charge on any atom is -0.471 e. The van der Waals surface area contributed by atoms with Crippen molar-refractivity contribution in [2.24, 2.45) is 0 Å². The van der Waals surface area contributed by atoms with Crippen molar-refractivity contribution < 1.29 is 9.53 Å². The van der Waals surface area contributed by atoms with Crippen molar-refractivity contribution in [3.63, 3.8) is 0 Å². The molecule has 6 nitrogen and oxygen atoms in total. The fraction of sp³-hybridized carbons (Fsp3) is 0.167. The molecule has 0 spiro atoms. The lowest BCUT2D eigenvalue weighted by Gasteiger charge is -2.10. The van der Waals surface area contributed by atoms with E-state index in [1.165, 1.54) is 0 Å². The highest BCUT2D eigenvalue weighted by atomic mass is 35.5. The number of pyridine rings is 1. The fourth-order valence-corrected chi connectivity index (χ4v) is 2.42. The standard InChI is InChI=1S/C18H17ClN4O2/c1-12-9-15(10-13(2)17(12)19)25-11-23-8-5-16(22-23)18(24)21-14-3-6-20-7-4-14/h3-10H,11H2,1-2H3,(H,20,21,24). The Labute approximate surface area is 150 Å². The number of halogens is 1. The van der Waals surface area contributed by atoms with Gasteiger partial charge in [0.15, 0.2) is 12.4 Å². The number of carbonyl (C=O) groups excluding carboxylic acids is 1. The predicted molar refractivity (Wildman–Crippen MR) is 96.0 cm³/mol. The summed E-state index contributed by atoms with van der Waals surface area (Å²) in [7, 11) is 0. The average Bonchev–Trinajstić information content (AvgIpc) is 3.08. The van der Waals surface area contributed by atoms with Crippen LogP contribution >= 0.6 is 11.6 Å². The molecule has 3 aromatic rings. The molecule has 0 saturated carbocycles. The number of aromatic nitrogens is 3. The smallest absolute Gasteiger partial charge is 0.276 e. The van der Waals surface area contributed by atoms with Gasteiger partial charge in [-0.15, -0.1) is 0 Å². The summed E-state index contributed by atoms with van der Waals surface area (Å²) in [5, 5.41) is 7.72. The van der Waals surface area contributed by atoms with Gasteiger partial charge in [0.1, 0.15) is 5.75 Å². The first-order valence-corrected chi connectivity index (χ1v) is 8.05. The van der Waals surface area contributed by atoms with Gasteiger partial charge in [-0.05, 0) is 55.3 Å². The van der Waals surface area contributed by atoms with Crippen LogP contribution in [0, 0.1) is 13.8 Å². The third-order valence-corrected chi connectivity index (χ3v) is 4.18. The van der Waals surface area contributed by atoms with E-state index < -0.39 is 0 Å². The SMILES string of the molecule is Cc1cc(OCn2ccc(C(=O)Nc3ccncc3)n2)cc(C)c1Cl. The van der Waals surface area contributed by atoms with Crippen molar-refractivity contribution in [1.82, 2.24) is 14.8 Å². The minimum atomic E-state index is -0.289. The first-order valence-electron chi connectivity index (χ1n) is 7.67. The molecule has 0 radical (unpaired) electrons. The Balaban J connectivity index is 1.63. The predicted octanol–water partition coefficient (Wildman–Crippen LogP) is 3.84. The molecule has 1 aromatic carbocycles. The maximum Gasteiger partial charge on any atom is 0.276 e. The molecular formula is C18H17ClN4O2. The third-order valence-electron chi connectivity index (χ3n) is 3.58. The van der Waals surface area contributed by atoms with Crippen LogP contribution in [-0.4, -0.2) is 20.7 Å². The molecule has 0 saturated heterocycles. The zero-order valence-corrected chi connectivity index (χ0v) is 14.6. The van der Waals surface area contributed by atoms with Gasteiger partial charge in [-0.25, -0.2) is 4.68 Å². The molecule has 3 rings (SSSR count). The van der Waals surface area contributed by atoms with E-state index >= 15 is 0 Å². The number of hydrogen-bond donors (Lipinski definition) is 1. The largest absolute Gasteiger partial charge is 0.471 e. The molecule has 25 heavy (non-hydrogen) atoms. The minimum absolute atomic E-state index is 0.197. The van der Waals surface area contributed by atoms with Crippen molar-refractivity contribution in [1.29, 1.82) is 0 Å². The Bertz CT molecular complexity index is 870. The normalized spacial score (nSPS) is 10.5. The van der Waals surface area contributed by atoms with Crippen LogP contribution in [0.15, 0.2) is 48.9 Å². The van der Waals surface area contributed by atoms with Crippen molar-refractivity contribution in [3.8, 4) is 5.75 Å². The van der Waals surface area contributed by atoms with Gasteiger partial charge in [-0.2, -0.15) is 5.10 Å². The molecule has 1 N–H and O–H groups in total. The van der Waals surface area contributed by atoms with E-state index in [0.29, 0.717) is 17.1 Å². The highest BCUT2D eigenvalue weighted by molar-refractivity contribution is 6.32. The second-order valence-corrected chi connectivity index (χ2v) is 5.95. The number of rotatable bonds is 5. The number of nitrogens with one attached hydrogen (secondary N) is 1. The monoisotopic (exact) mass is 356 g/mol. The number of hydrogen-bond acceptors (Lipinski definition) is 4. The van der Waals surface area contributed by atoms with Crippen LogP contribution in [0.5, 0.6) is 5.75 Å². The van der Waals surface area contributed by atoms with Crippen LogP contribution in [0.4, 0.5) is 5.69 Å². The van der Waals surface area contributed by atoms with Gasteiger partial charge in [-0.1, -0.05) is 11.6 Å². The molecule has 0 atom stereocenters. The maximum absolute atomic E-state index is 12.2. The summed E-state index contributed by atoms with van der Waals surface area (Å²) in [5.74, 6) is 0.417. The molecule has 0 unspecified atom stereocenters. The third kappa shape index (κ3) is 4.16. The lowest BCUT2D eigenvalue weighted by molar-refractivity contribution is 0.102. The van der Waals surface area contributed by atoms with Gasteiger partial charge < -0.3 is 10.1 Å². The van der Waals surface area contributed by atoms with E-state index in [9.17, 15) is 4.79 Å². The summed E-state index contributed by atoms with van der Waals surface area (Å²) >= 11 is 6.15. The Kier molecular flexibility index (Phi) is 5.00. The fourth-order valence-electron chi connectivity index (χ4n) is 2.32. The zero-order chi connectivity index (χ0) is 17.8. The number of benzene rings is 1. The Morgan fingerprint density at radius 3 is 2.56 bits per heavy atom. The van der Waals surface area contributed by atoms with Gasteiger partial charge in [0.25, 0.3) is 5.91 Å². The van der Waals surface area contributed by atoms with Crippen LogP contribution in [-0.2, 0) is 6.73 Å². The van der Waals surface area contributed by atoms with Gasteiger partial charge in [0.2, 0.25) is 0 Å². The van der Waals surface area contributed by atoms with Gasteiger partial charge in [-0.3, -0.25) is 9.78 Å². The van der Waals surface area contributed by atoms with Crippen molar-refractivity contribution in [2.45, 2.75) is 20.6 Å².